The Labute approximate surface area is 111 Å². The Morgan fingerprint density at radius 2 is 2.11 bits per heavy atom. The van der Waals surface area contributed by atoms with Crippen molar-refractivity contribution < 1.29 is 9.21 Å². The molecule has 0 aromatic carbocycles. The first-order valence-electron chi connectivity index (χ1n) is 6.14. The van der Waals surface area contributed by atoms with Crippen molar-refractivity contribution in [1.82, 2.24) is 15.1 Å². The molecule has 0 radical (unpaired) electrons. The van der Waals surface area contributed by atoms with Crippen molar-refractivity contribution in [3.63, 3.8) is 0 Å². The lowest BCUT2D eigenvalue weighted by atomic mass is 10.3. The number of hydrogen-bond acceptors (Lipinski definition) is 6. The average molecular weight is 272 g/mol. The summed E-state index contributed by atoms with van der Waals surface area (Å²) in [7, 11) is 0. The molecule has 18 heavy (non-hydrogen) atoms. The zero-order chi connectivity index (χ0) is 13.4. The lowest BCUT2D eigenvalue weighted by Gasteiger charge is -2.18. The Morgan fingerprint density at radius 3 is 2.67 bits per heavy atom. The average Bonchev–Trinajstić information content (AvgIpc) is 2.84. The summed E-state index contributed by atoms with van der Waals surface area (Å²) >= 11 is 1.46. The van der Waals surface area contributed by atoms with Crippen molar-refractivity contribution in [1.29, 1.82) is 0 Å². The van der Waals surface area contributed by atoms with Crippen LogP contribution < -0.4 is 5.73 Å². The second-order valence-electron chi connectivity index (χ2n) is 3.68. The zero-order valence-corrected chi connectivity index (χ0v) is 11.7. The van der Waals surface area contributed by atoms with Crippen LogP contribution in [0.15, 0.2) is 9.64 Å². The molecule has 0 spiro atoms. The van der Waals surface area contributed by atoms with Gasteiger partial charge in [0.25, 0.3) is 5.22 Å². The van der Waals surface area contributed by atoms with Gasteiger partial charge in [0.15, 0.2) is 0 Å². The predicted octanol–water partition coefficient (Wildman–Crippen LogP) is 1.27. The van der Waals surface area contributed by atoms with Crippen LogP contribution in [0.1, 0.15) is 32.6 Å². The van der Waals surface area contributed by atoms with E-state index < -0.39 is 0 Å². The minimum atomic E-state index is 0.203. The molecular weight excluding hydrogens is 252 g/mol. The molecule has 0 atom stereocenters. The van der Waals surface area contributed by atoms with Crippen LogP contribution in [0.4, 0.5) is 0 Å². The topological polar surface area (TPSA) is 85.2 Å². The molecule has 1 amide bonds. The number of thioether (sulfide) groups is 1. The first-order valence-corrected chi connectivity index (χ1v) is 7.12. The lowest BCUT2D eigenvalue weighted by molar-refractivity contribution is -0.130. The van der Waals surface area contributed by atoms with Gasteiger partial charge in [-0.1, -0.05) is 11.8 Å². The van der Waals surface area contributed by atoms with E-state index >= 15 is 0 Å². The van der Waals surface area contributed by atoms with Crippen molar-refractivity contribution in [2.75, 3.05) is 18.8 Å². The minimum absolute atomic E-state index is 0.203. The highest BCUT2D eigenvalue weighted by Gasteiger charge is 2.10. The molecule has 6 nitrogen and oxygen atoms in total. The highest BCUT2D eigenvalue weighted by Crippen LogP contribution is 2.17. The third kappa shape index (κ3) is 4.66. The molecule has 0 bridgehead atoms. The fraction of sp³-hybridized carbons (Fsp3) is 0.727. The quantitative estimate of drug-likeness (QED) is 0.566. The molecule has 2 N–H and O–H groups in total. The molecular formula is C11H20N4O2S. The standard InChI is InChI=1S/C11H20N4O2S/c1-3-15(4-2)10(16)6-5-7-18-11-14-13-9(8-12)17-11/h3-8,12H2,1-2H3. The maximum absolute atomic E-state index is 11.7. The molecule has 0 aliphatic heterocycles. The van der Waals surface area contributed by atoms with E-state index in [1.54, 1.807) is 0 Å². The molecule has 0 saturated heterocycles. The molecule has 1 aromatic heterocycles. The highest BCUT2D eigenvalue weighted by atomic mass is 32.2. The number of amides is 1. The summed E-state index contributed by atoms with van der Waals surface area (Å²) in [6.45, 7) is 5.78. The molecule has 0 saturated carbocycles. The van der Waals surface area contributed by atoms with E-state index in [0.29, 0.717) is 17.5 Å². The van der Waals surface area contributed by atoms with Gasteiger partial charge in [-0.25, -0.2) is 0 Å². The summed E-state index contributed by atoms with van der Waals surface area (Å²) in [5, 5.41) is 8.13. The minimum Gasteiger partial charge on any atom is -0.415 e. The van der Waals surface area contributed by atoms with Crippen molar-refractivity contribution >= 4 is 17.7 Å². The number of carbonyl (C=O) groups excluding carboxylic acids is 1. The maximum Gasteiger partial charge on any atom is 0.276 e. The monoisotopic (exact) mass is 272 g/mol. The molecule has 0 aliphatic rings. The summed E-state index contributed by atoms with van der Waals surface area (Å²) in [6, 6.07) is 0. The molecule has 0 aliphatic carbocycles. The van der Waals surface area contributed by atoms with Crippen molar-refractivity contribution in [3.05, 3.63) is 5.89 Å². The summed E-state index contributed by atoms with van der Waals surface area (Å²) in [5.74, 6) is 1.43. The van der Waals surface area contributed by atoms with Crippen LogP contribution in [0.2, 0.25) is 0 Å². The second kappa shape index (κ2) is 8.10. The van der Waals surface area contributed by atoms with Gasteiger partial charge in [-0.2, -0.15) is 0 Å². The fourth-order valence-corrected chi connectivity index (χ4v) is 2.21. The van der Waals surface area contributed by atoms with Gasteiger partial charge in [0.1, 0.15) is 0 Å². The Kier molecular flexibility index (Phi) is 6.74. The third-order valence-electron chi connectivity index (χ3n) is 2.50. The molecule has 1 aromatic rings. The molecule has 0 unspecified atom stereocenters. The van der Waals surface area contributed by atoms with Gasteiger partial charge >= 0.3 is 0 Å². The van der Waals surface area contributed by atoms with Crippen LogP contribution in [0.5, 0.6) is 0 Å². The number of nitrogens with zero attached hydrogens (tertiary/aromatic N) is 3. The van der Waals surface area contributed by atoms with Gasteiger partial charge in [0.05, 0.1) is 6.54 Å². The molecule has 0 fully saturated rings. The van der Waals surface area contributed by atoms with E-state index in [-0.39, 0.29) is 12.5 Å². The summed E-state index contributed by atoms with van der Waals surface area (Å²) in [4.78, 5) is 13.6. The maximum atomic E-state index is 11.7. The predicted molar refractivity (Wildman–Crippen MR) is 70.1 cm³/mol. The largest absolute Gasteiger partial charge is 0.415 e. The number of carbonyl (C=O) groups is 1. The van der Waals surface area contributed by atoms with E-state index in [1.807, 2.05) is 18.7 Å². The third-order valence-corrected chi connectivity index (χ3v) is 3.40. The first-order chi connectivity index (χ1) is 8.71. The fourth-order valence-electron chi connectivity index (χ4n) is 1.50. The lowest BCUT2D eigenvalue weighted by Crippen LogP contribution is -2.30. The van der Waals surface area contributed by atoms with Crippen LogP contribution >= 0.6 is 11.8 Å². The van der Waals surface area contributed by atoms with Gasteiger partial charge in [0.2, 0.25) is 11.8 Å². The van der Waals surface area contributed by atoms with Crippen molar-refractivity contribution in [2.45, 2.75) is 38.5 Å². The summed E-state index contributed by atoms with van der Waals surface area (Å²) < 4.78 is 5.25. The molecule has 102 valence electrons. The highest BCUT2D eigenvalue weighted by molar-refractivity contribution is 7.99. The number of hydrogen-bond donors (Lipinski definition) is 1. The van der Waals surface area contributed by atoms with Gasteiger partial charge in [-0.3, -0.25) is 4.79 Å². The van der Waals surface area contributed by atoms with Gasteiger partial charge in [-0.05, 0) is 20.3 Å². The van der Waals surface area contributed by atoms with Gasteiger partial charge < -0.3 is 15.1 Å². The Morgan fingerprint density at radius 1 is 1.39 bits per heavy atom. The Bertz CT molecular complexity index is 366. The van der Waals surface area contributed by atoms with Crippen molar-refractivity contribution in [2.24, 2.45) is 5.73 Å². The number of aromatic nitrogens is 2. The van der Waals surface area contributed by atoms with E-state index in [9.17, 15) is 4.79 Å². The van der Waals surface area contributed by atoms with Gasteiger partial charge in [-0.15, -0.1) is 10.2 Å². The molecule has 7 heteroatoms. The van der Waals surface area contributed by atoms with E-state index in [2.05, 4.69) is 10.2 Å². The summed E-state index contributed by atoms with van der Waals surface area (Å²) in [6.07, 6.45) is 1.37. The van der Waals surface area contributed by atoms with Crippen LogP contribution in [-0.2, 0) is 11.3 Å². The first kappa shape index (κ1) is 15.0. The normalized spacial score (nSPS) is 10.6. The molecule has 1 rings (SSSR count). The van der Waals surface area contributed by atoms with Crippen LogP contribution in [-0.4, -0.2) is 39.8 Å². The summed E-state index contributed by atoms with van der Waals surface area (Å²) in [5.41, 5.74) is 5.37. The molecule has 1 heterocycles. The van der Waals surface area contributed by atoms with Crippen molar-refractivity contribution in [3.8, 4) is 0 Å². The smallest absolute Gasteiger partial charge is 0.276 e. The zero-order valence-electron chi connectivity index (χ0n) is 10.9. The van der Waals surface area contributed by atoms with E-state index in [4.69, 9.17) is 10.2 Å². The van der Waals surface area contributed by atoms with Crippen LogP contribution in [0.25, 0.3) is 0 Å². The number of rotatable bonds is 8. The van der Waals surface area contributed by atoms with Crippen LogP contribution in [0.3, 0.4) is 0 Å². The number of nitrogens with two attached hydrogens (primary N) is 1. The Hall–Kier alpha value is -1.08. The van der Waals surface area contributed by atoms with E-state index in [1.165, 1.54) is 11.8 Å². The van der Waals surface area contributed by atoms with Crippen LogP contribution in [0, 0.1) is 0 Å². The SMILES string of the molecule is CCN(CC)C(=O)CCCSc1nnc(CN)o1. The van der Waals surface area contributed by atoms with Gasteiger partial charge in [0, 0.05) is 25.3 Å². The van der Waals surface area contributed by atoms with E-state index in [0.717, 1.165) is 25.3 Å². The Balaban J connectivity index is 2.20. The second-order valence-corrected chi connectivity index (χ2v) is 4.73.